The van der Waals surface area contributed by atoms with Gasteiger partial charge in [-0.2, -0.15) is 5.23 Å². The Bertz CT molecular complexity index is 644. The number of benzene rings is 2. The summed E-state index contributed by atoms with van der Waals surface area (Å²) in [7, 11) is 3.12. The molecule has 0 aromatic heterocycles. The van der Waals surface area contributed by atoms with Crippen LogP contribution in [0.4, 0.5) is 0 Å². The molecule has 4 nitrogen and oxygen atoms in total. The van der Waals surface area contributed by atoms with Crippen molar-refractivity contribution in [1.29, 1.82) is 0 Å². The molecule has 1 atom stereocenters. The van der Waals surface area contributed by atoms with Crippen LogP contribution in [0.2, 0.25) is 0 Å². The van der Waals surface area contributed by atoms with Crippen LogP contribution in [0.3, 0.4) is 0 Å². The maximum absolute atomic E-state index is 11.1. The van der Waals surface area contributed by atoms with Gasteiger partial charge in [0.1, 0.15) is 12.8 Å². The van der Waals surface area contributed by atoms with E-state index in [0.717, 1.165) is 18.6 Å². The van der Waals surface area contributed by atoms with Gasteiger partial charge in [0.15, 0.2) is 5.75 Å². The second-order valence-corrected chi connectivity index (χ2v) is 6.49. The summed E-state index contributed by atoms with van der Waals surface area (Å²) in [6.07, 6.45) is 6.05. The fourth-order valence-electron chi connectivity index (χ4n) is 3.82. The molecule has 24 heavy (non-hydrogen) atoms. The largest absolute Gasteiger partial charge is 0.591 e. The summed E-state index contributed by atoms with van der Waals surface area (Å²) >= 11 is 0. The quantitative estimate of drug-likeness (QED) is 0.858. The van der Waals surface area contributed by atoms with Gasteiger partial charge in [-0.25, -0.2) is 0 Å². The second-order valence-electron chi connectivity index (χ2n) is 6.49. The van der Waals surface area contributed by atoms with Crippen molar-refractivity contribution >= 4 is 0 Å². The van der Waals surface area contributed by atoms with E-state index >= 15 is 0 Å². The number of hydrogen-bond donors (Lipinski definition) is 1. The van der Waals surface area contributed by atoms with E-state index < -0.39 is 0 Å². The highest BCUT2D eigenvalue weighted by molar-refractivity contribution is 5.43. The van der Waals surface area contributed by atoms with Gasteiger partial charge in [-0.1, -0.05) is 43.5 Å². The SMILES string of the molecule is COc1ccc(C2(c3ccc(O[NH+](C)[O-])cc3)CCCCC2)cc1. The zero-order chi connectivity index (χ0) is 17.0. The number of ether oxygens (including phenoxy) is 1. The third-order valence-corrected chi connectivity index (χ3v) is 5.02. The lowest BCUT2D eigenvalue weighted by molar-refractivity contribution is -1.00. The van der Waals surface area contributed by atoms with Gasteiger partial charge < -0.3 is 14.8 Å². The molecule has 0 radical (unpaired) electrons. The molecule has 0 spiro atoms. The lowest BCUT2D eigenvalue weighted by atomic mass is 9.65. The Morgan fingerprint density at radius 3 is 1.79 bits per heavy atom. The Hall–Kier alpha value is -2.04. The molecule has 1 aliphatic rings. The van der Waals surface area contributed by atoms with Gasteiger partial charge in [-0.15, -0.1) is 0 Å². The van der Waals surface area contributed by atoms with E-state index in [0.29, 0.717) is 5.75 Å². The molecule has 0 heterocycles. The molecule has 1 saturated carbocycles. The summed E-state index contributed by atoms with van der Waals surface area (Å²) in [5.41, 5.74) is 2.67. The van der Waals surface area contributed by atoms with Crippen molar-refractivity contribution in [3.8, 4) is 11.5 Å². The molecule has 1 N–H and O–H groups in total. The minimum absolute atomic E-state index is 0.0409. The Morgan fingerprint density at radius 1 is 0.833 bits per heavy atom. The topological polar surface area (TPSA) is 46.0 Å². The summed E-state index contributed by atoms with van der Waals surface area (Å²) in [5, 5.41) is 10.8. The molecule has 0 aliphatic heterocycles. The van der Waals surface area contributed by atoms with Gasteiger partial charge >= 0.3 is 0 Å². The number of rotatable bonds is 5. The third-order valence-electron chi connectivity index (χ3n) is 5.02. The number of nitrogens with one attached hydrogen (secondary N) is 1. The van der Waals surface area contributed by atoms with E-state index in [1.807, 2.05) is 24.3 Å². The van der Waals surface area contributed by atoms with Gasteiger partial charge in [0.05, 0.1) is 7.11 Å². The standard InChI is InChI=1S/C20H25NO3/c1-21(22)24-19-12-8-17(9-13-19)20(14-4-3-5-15-20)16-6-10-18(23-2)11-7-16/h6-13,21H,3-5,14-15H2,1-2H3. The summed E-state index contributed by atoms with van der Waals surface area (Å²) in [5.74, 6) is 1.49. The molecule has 1 aliphatic carbocycles. The Kier molecular flexibility index (Phi) is 5.07. The molecular formula is C20H25NO3. The van der Waals surface area contributed by atoms with Crippen molar-refractivity contribution in [2.24, 2.45) is 0 Å². The molecule has 0 amide bonds. The molecule has 0 bridgehead atoms. The molecule has 128 valence electrons. The zero-order valence-electron chi connectivity index (χ0n) is 14.4. The van der Waals surface area contributed by atoms with Crippen molar-refractivity contribution in [3.63, 3.8) is 0 Å². The molecule has 4 heteroatoms. The number of methoxy groups -OCH3 is 1. The Balaban J connectivity index is 1.95. The van der Waals surface area contributed by atoms with Gasteiger partial charge in [0, 0.05) is 5.41 Å². The first kappa shape index (κ1) is 16.8. The monoisotopic (exact) mass is 327 g/mol. The van der Waals surface area contributed by atoms with Crippen LogP contribution in [0.25, 0.3) is 0 Å². The van der Waals surface area contributed by atoms with E-state index in [-0.39, 0.29) is 10.6 Å². The Morgan fingerprint density at radius 2 is 1.33 bits per heavy atom. The first-order valence-electron chi connectivity index (χ1n) is 8.57. The van der Waals surface area contributed by atoms with Crippen LogP contribution in [-0.4, -0.2) is 14.2 Å². The van der Waals surface area contributed by atoms with Crippen molar-refractivity contribution in [2.75, 3.05) is 14.2 Å². The van der Waals surface area contributed by atoms with E-state index in [1.54, 1.807) is 7.11 Å². The van der Waals surface area contributed by atoms with Crippen LogP contribution in [0.5, 0.6) is 11.5 Å². The highest BCUT2D eigenvalue weighted by Gasteiger charge is 2.35. The molecule has 2 aromatic rings. The maximum atomic E-state index is 11.1. The van der Waals surface area contributed by atoms with Crippen LogP contribution >= 0.6 is 0 Å². The van der Waals surface area contributed by atoms with Gasteiger partial charge in [-0.3, -0.25) is 0 Å². The van der Waals surface area contributed by atoms with Crippen molar-refractivity contribution < 1.29 is 14.8 Å². The van der Waals surface area contributed by atoms with Crippen molar-refractivity contribution in [2.45, 2.75) is 37.5 Å². The van der Waals surface area contributed by atoms with Crippen molar-refractivity contribution in [1.82, 2.24) is 0 Å². The van der Waals surface area contributed by atoms with Crippen LogP contribution < -0.4 is 14.8 Å². The second kappa shape index (κ2) is 7.24. The van der Waals surface area contributed by atoms with E-state index in [9.17, 15) is 5.21 Å². The smallest absolute Gasteiger partial charge is 0.190 e. The molecule has 0 saturated heterocycles. The number of hydroxylamine groups is 2. The van der Waals surface area contributed by atoms with Gasteiger partial charge in [0.25, 0.3) is 0 Å². The average molecular weight is 327 g/mol. The van der Waals surface area contributed by atoms with E-state index in [2.05, 4.69) is 24.3 Å². The molecule has 1 unspecified atom stereocenters. The predicted octanol–water partition coefficient (Wildman–Crippen LogP) is 3.25. The first-order valence-corrected chi connectivity index (χ1v) is 8.57. The van der Waals surface area contributed by atoms with Crippen LogP contribution in [-0.2, 0) is 5.41 Å². The molecular weight excluding hydrogens is 302 g/mol. The highest BCUT2D eigenvalue weighted by Crippen LogP contribution is 2.45. The summed E-state index contributed by atoms with van der Waals surface area (Å²) < 4.78 is 5.30. The highest BCUT2D eigenvalue weighted by atomic mass is 16.9. The van der Waals surface area contributed by atoms with Crippen LogP contribution in [0.15, 0.2) is 48.5 Å². The van der Waals surface area contributed by atoms with Crippen LogP contribution in [0, 0.1) is 5.21 Å². The third kappa shape index (κ3) is 3.40. The van der Waals surface area contributed by atoms with Crippen molar-refractivity contribution in [3.05, 3.63) is 64.9 Å². The van der Waals surface area contributed by atoms with Crippen LogP contribution in [0.1, 0.15) is 43.2 Å². The number of hydrogen-bond acceptors (Lipinski definition) is 3. The fraction of sp³-hybridized carbons (Fsp3) is 0.400. The summed E-state index contributed by atoms with van der Waals surface area (Å²) in [4.78, 5) is 5.17. The number of quaternary nitrogens is 1. The first-order chi connectivity index (χ1) is 11.6. The zero-order valence-corrected chi connectivity index (χ0v) is 14.4. The summed E-state index contributed by atoms with van der Waals surface area (Å²) in [6, 6.07) is 16.5. The maximum Gasteiger partial charge on any atom is 0.190 e. The van der Waals surface area contributed by atoms with Gasteiger partial charge in [-0.05, 0) is 48.2 Å². The average Bonchev–Trinajstić information content (AvgIpc) is 2.62. The van der Waals surface area contributed by atoms with E-state index in [1.165, 1.54) is 37.4 Å². The molecule has 3 rings (SSSR count). The molecule has 2 aromatic carbocycles. The van der Waals surface area contributed by atoms with E-state index in [4.69, 9.17) is 9.57 Å². The normalized spacial score (nSPS) is 18.0. The Labute approximate surface area is 143 Å². The van der Waals surface area contributed by atoms with Gasteiger partial charge in [0.2, 0.25) is 0 Å². The fourth-order valence-corrected chi connectivity index (χ4v) is 3.82. The predicted molar refractivity (Wildman–Crippen MR) is 94.2 cm³/mol. The minimum Gasteiger partial charge on any atom is -0.591 e. The minimum atomic E-state index is -0.287. The molecule has 1 fully saturated rings. The lowest BCUT2D eigenvalue weighted by Crippen LogP contribution is -3.05. The summed E-state index contributed by atoms with van der Waals surface area (Å²) in [6.45, 7) is 0. The lowest BCUT2D eigenvalue weighted by Gasteiger charge is -2.38.